The Morgan fingerprint density at radius 1 is 1.36 bits per heavy atom. The van der Waals surface area contributed by atoms with Gasteiger partial charge in [-0.2, -0.15) is 0 Å². The Morgan fingerprint density at radius 2 is 2.00 bits per heavy atom. The SMILES string of the molecule is C[C@H](NC(=S)NS(=O)(=O)c1sc(Cl)cc1N)c1ccccc1. The van der Waals surface area contributed by atoms with Crippen molar-refractivity contribution in [3.63, 3.8) is 0 Å². The number of rotatable bonds is 4. The van der Waals surface area contributed by atoms with Crippen molar-refractivity contribution in [2.45, 2.75) is 17.2 Å². The number of nitrogens with two attached hydrogens (primary N) is 1. The zero-order valence-corrected chi connectivity index (χ0v) is 14.7. The summed E-state index contributed by atoms with van der Waals surface area (Å²) in [5.74, 6) is 0. The highest BCUT2D eigenvalue weighted by Crippen LogP contribution is 2.32. The zero-order valence-electron chi connectivity index (χ0n) is 11.5. The van der Waals surface area contributed by atoms with Crippen molar-refractivity contribution in [1.82, 2.24) is 10.0 Å². The number of thiocarbonyl (C=S) groups is 1. The molecule has 0 saturated heterocycles. The lowest BCUT2D eigenvalue weighted by Gasteiger charge is -2.17. The number of benzene rings is 1. The number of sulfonamides is 1. The molecule has 0 aliphatic carbocycles. The molecule has 2 rings (SSSR count). The second kappa shape index (κ2) is 6.82. The summed E-state index contributed by atoms with van der Waals surface area (Å²) in [6.45, 7) is 1.88. The molecule has 0 fully saturated rings. The molecular formula is C13H14ClN3O2S3. The van der Waals surface area contributed by atoms with Gasteiger partial charge in [0.25, 0.3) is 10.0 Å². The molecule has 1 aromatic heterocycles. The van der Waals surface area contributed by atoms with Gasteiger partial charge >= 0.3 is 0 Å². The van der Waals surface area contributed by atoms with E-state index in [9.17, 15) is 8.42 Å². The van der Waals surface area contributed by atoms with Crippen LogP contribution in [0, 0.1) is 0 Å². The van der Waals surface area contributed by atoms with Crippen LogP contribution < -0.4 is 15.8 Å². The van der Waals surface area contributed by atoms with Gasteiger partial charge in [0.05, 0.1) is 16.1 Å². The maximum Gasteiger partial charge on any atom is 0.275 e. The summed E-state index contributed by atoms with van der Waals surface area (Å²) >= 11 is 11.7. The minimum absolute atomic E-state index is 0.000255. The molecule has 0 spiro atoms. The highest BCUT2D eigenvalue weighted by molar-refractivity contribution is 7.93. The number of thiophene rings is 1. The van der Waals surface area contributed by atoms with Gasteiger partial charge in [-0.3, -0.25) is 4.72 Å². The molecule has 1 aromatic carbocycles. The first-order valence-corrected chi connectivity index (χ1v) is 9.31. The topological polar surface area (TPSA) is 84.2 Å². The van der Waals surface area contributed by atoms with Gasteiger partial charge in [0, 0.05) is 0 Å². The minimum atomic E-state index is -3.84. The maximum atomic E-state index is 12.2. The van der Waals surface area contributed by atoms with Crippen LogP contribution in [-0.4, -0.2) is 13.5 Å². The van der Waals surface area contributed by atoms with Gasteiger partial charge in [0.1, 0.15) is 0 Å². The Balaban J connectivity index is 2.07. The van der Waals surface area contributed by atoms with E-state index in [0.717, 1.165) is 16.9 Å². The number of nitrogens with one attached hydrogen (secondary N) is 2. The minimum Gasteiger partial charge on any atom is -0.397 e. The molecule has 0 aliphatic rings. The van der Waals surface area contributed by atoms with Gasteiger partial charge < -0.3 is 11.1 Å². The van der Waals surface area contributed by atoms with Crippen molar-refractivity contribution in [1.29, 1.82) is 0 Å². The fourth-order valence-corrected chi connectivity index (χ4v) is 4.92. The fraction of sp³-hybridized carbons (Fsp3) is 0.154. The smallest absolute Gasteiger partial charge is 0.275 e. The molecule has 0 bridgehead atoms. The Morgan fingerprint density at radius 3 is 2.55 bits per heavy atom. The summed E-state index contributed by atoms with van der Waals surface area (Å²) in [5.41, 5.74) is 6.73. The van der Waals surface area contributed by atoms with E-state index >= 15 is 0 Å². The number of anilines is 1. The first kappa shape index (κ1) is 17.0. The maximum absolute atomic E-state index is 12.2. The molecule has 0 aliphatic heterocycles. The van der Waals surface area contributed by atoms with Crippen molar-refractivity contribution >= 4 is 56.0 Å². The van der Waals surface area contributed by atoms with Crippen LogP contribution in [0.2, 0.25) is 4.34 Å². The van der Waals surface area contributed by atoms with E-state index in [0.29, 0.717) is 4.34 Å². The lowest BCUT2D eigenvalue weighted by molar-refractivity contribution is 0.593. The van der Waals surface area contributed by atoms with Crippen LogP contribution in [0.25, 0.3) is 0 Å². The van der Waals surface area contributed by atoms with Gasteiger partial charge in [-0.25, -0.2) is 8.42 Å². The van der Waals surface area contributed by atoms with Crippen LogP contribution in [0.4, 0.5) is 5.69 Å². The molecule has 118 valence electrons. The van der Waals surface area contributed by atoms with E-state index < -0.39 is 10.0 Å². The van der Waals surface area contributed by atoms with E-state index in [4.69, 9.17) is 29.6 Å². The van der Waals surface area contributed by atoms with E-state index in [-0.39, 0.29) is 21.1 Å². The van der Waals surface area contributed by atoms with Crippen molar-refractivity contribution < 1.29 is 8.42 Å². The van der Waals surface area contributed by atoms with Crippen LogP contribution in [0.15, 0.2) is 40.6 Å². The molecule has 9 heteroatoms. The summed E-state index contributed by atoms with van der Waals surface area (Å²) in [6, 6.07) is 10.8. The number of nitrogen functional groups attached to an aromatic ring is 1. The van der Waals surface area contributed by atoms with Gasteiger partial charge in [0.15, 0.2) is 9.32 Å². The van der Waals surface area contributed by atoms with E-state index in [1.165, 1.54) is 6.07 Å². The van der Waals surface area contributed by atoms with Gasteiger partial charge in [-0.15, -0.1) is 11.3 Å². The molecular weight excluding hydrogens is 362 g/mol. The van der Waals surface area contributed by atoms with E-state index in [1.54, 1.807) is 0 Å². The van der Waals surface area contributed by atoms with Crippen LogP contribution >= 0.6 is 35.2 Å². The summed E-state index contributed by atoms with van der Waals surface area (Å²) in [6.07, 6.45) is 0. The molecule has 0 unspecified atom stereocenters. The second-order valence-corrected chi connectivity index (χ2v) is 8.47. The van der Waals surface area contributed by atoms with Crippen molar-refractivity contribution in [3.8, 4) is 0 Å². The third-order valence-corrected chi connectivity index (χ3v) is 6.34. The Labute approximate surface area is 143 Å². The number of halogens is 1. The van der Waals surface area contributed by atoms with Crippen molar-refractivity contribution in [3.05, 3.63) is 46.3 Å². The molecule has 0 saturated carbocycles. The van der Waals surface area contributed by atoms with Crippen molar-refractivity contribution in [2.24, 2.45) is 0 Å². The molecule has 0 amide bonds. The molecule has 0 radical (unpaired) electrons. The third kappa shape index (κ3) is 4.10. The Bertz CT molecular complexity index is 775. The first-order valence-electron chi connectivity index (χ1n) is 6.22. The van der Waals surface area contributed by atoms with Gasteiger partial charge in [-0.1, -0.05) is 41.9 Å². The normalized spacial score (nSPS) is 12.6. The van der Waals surface area contributed by atoms with Crippen LogP contribution in [0.1, 0.15) is 18.5 Å². The summed E-state index contributed by atoms with van der Waals surface area (Å²) in [4.78, 5) is 0. The summed E-state index contributed by atoms with van der Waals surface area (Å²) in [7, 11) is -3.84. The molecule has 2 aromatic rings. The first-order chi connectivity index (χ1) is 10.3. The molecule has 1 atom stereocenters. The molecule has 22 heavy (non-hydrogen) atoms. The van der Waals surface area contributed by atoms with Crippen LogP contribution in [0.5, 0.6) is 0 Å². The lowest BCUT2D eigenvalue weighted by Crippen LogP contribution is -2.40. The quantitative estimate of drug-likeness (QED) is 0.715. The fourth-order valence-electron chi connectivity index (χ4n) is 1.79. The van der Waals surface area contributed by atoms with Crippen LogP contribution in [0.3, 0.4) is 0 Å². The number of hydrogen-bond donors (Lipinski definition) is 3. The van der Waals surface area contributed by atoms with E-state index in [1.807, 2.05) is 37.3 Å². The summed E-state index contributed by atoms with van der Waals surface area (Å²) in [5, 5.41) is 2.92. The monoisotopic (exact) mass is 375 g/mol. The molecule has 1 heterocycles. The molecule has 5 nitrogen and oxygen atoms in total. The largest absolute Gasteiger partial charge is 0.397 e. The number of hydrogen-bond acceptors (Lipinski definition) is 5. The highest BCUT2D eigenvalue weighted by Gasteiger charge is 2.22. The summed E-state index contributed by atoms with van der Waals surface area (Å²) < 4.78 is 27.0. The predicted molar refractivity (Wildman–Crippen MR) is 94.7 cm³/mol. The standard InChI is InChI=1S/C13H14ClN3O2S3/c1-8(9-5-3-2-4-6-9)16-13(20)17-22(18,19)12-10(15)7-11(14)21-12/h2-8H,15H2,1H3,(H2,16,17,20)/t8-/m0/s1. The van der Waals surface area contributed by atoms with Gasteiger partial charge in [0.2, 0.25) is 0 Å². The van der Waals surface area contributed by atoms with Crippen LogP contribution in [-0.2, 0) is 10.0 Å². The average Bonchev–Trinajstić information content (AvgIpc) is 2.79. The second-order valence-electron chi connectivity index (χ2n) is 4.50. The van der Waals surface area contributed by atoms with E-state index in [2.05, 4.69) is 10.0 Å². The average molecular weight is 376 g/mol. The zero-order chi connectivity index (χ0) is 16.3. The van der Waals surface area contributed by atoms with Gasteiger partial charge in [-0.05, 0) is 30.8 Å². The Kier molecular flexibility index (Phi) is 5.28. The molecule has 4 N–H and O–H groups in total. The lowest BCUT2D eigenvalue weighted by atomic mass is 10.1. The Hall–Kier alpha value is -1.35. The highest BCUT2D eigenvalue weighted by atomic mass is 35.5. The predicted octanol–water partition coefficient (Wildman–Crippen LogP) is 2.90. The third-order valence-electron chi connectivity index (χ3n) is 2.81. The van der Waals surface area contributed by atoms with Crippen molar-refractivity contribution in [2.75, 3.05) is 5.73 Å².